The molecule has 0 saturated carbocycles. The molecular formula is C16H15F2NO4. The summed E-state index contributed by atoms with van der Waals surface area (Å²) in [5.41, 5.74) is -0.0680. The van der Waals surface area contributed by atoms with Crippen molar-refractivity contribution < 1.29 is 28.2 Å². The minimum absolute atomic E-state index is 0.0680. The molecule has 1 amide bonds. The summed E-state index contributed by atoms with van der Waals surface area (Å²) in [4.78, 5) is 22.9. The molecule has 0 radical (unpaired) electrons. The molecule has 0 fully saturated rings. The van der Waals surface area contributed by atoms with Crippen molar-refractivity contribution in [3.05, 3.63) is 42.0 Å². The van der Waals surface area contributed by atoms with Gasteiger partial charge in [-0.2, -0.15) is 8.78 Å². The van der Waals surface area contributed by atoms with Gasteiger partial charge in [-0.1, -0.05) is 31.2 Å². The van der Waals surface area contributed by atoms with Crippen molar-refractivity contribution in [1.29, 1.82) is 0 Å². The Morgan fingerprint density at radius 2 is 1.83 bits per heavy atom. The molecular weight excluding hydrogens is 308 g/mol. The highest BCUT2D eigenvalue weighted by Crippen LogP contribution is 2.27. The number of carboxylic acid groups (broad SMARTS) is 1. The largest absolute Gasteiger partial charge is 0.481 e. The van der Waals surface area contributed by atoms with Gasteiger partial charge in [0, 0.05) is 6.54 Å². The number of carbonyl (C=O) groups is 2. The lowest BCUT2D eigenvalue weighted by molar-refractivity contribution is -0.140. The SMILES string of the molecule is CC(CNC(=O)c1cc2ccccc2cc1OC(F)F)C(=O)O. The highest BCUT2D eigenvalue weighted by atomic mass is 19.3. The molecule has 0 heterocycles. The third kappa shape index (κ3) is 4.15. The van der Waals surface area contributed by atoms with Gasteiger partial charge in [-0.25, -0.2) is 0 Å². The molecule has 0 spiro atoms. The average Bonchev–Trinajstić information content (AvgIpc) is 2.50. The lowest BCUT2D eigenvalue weighted by atomic mass is 10.0. The molecule has 0 aliphatic heterocycles. The number of aliphatic carboxylic acids is 1. The molecule has 1 unspecified atom stereocenters. The highest BCUT2D eigenvalue weighted by molar-refractivity contribution is 6.01. The number of carbonyl (C=O) groups excluding carboxylic acids is 1. The van der Waals surface area contributed by atoms with Crippen LogP contribution in [0, 0.1) is 5.92 Å². The predicted octanol–water partition coefficient (Wildman–Crippen LogP) is 2.89. The zero-order chi connectivity index (χ0) is 17.0. The molecule has 0 saturated heterocycles. The van der Waals surface area contributed by atoms with Gasteiger partial charge in [-0.05, 0) is 22.9 Å². The maximum atomic E-state index is 12.6. The Hall–Kier alpha value is -2.70. The predicted molar refractivity (Wildman–Crippen MR) is 79.7 cm³/mol. The summed E-state index contributed by atoms with van der Waals surface area (Å²) in [6.45, 7) is -1.75. The number of nitrogens with one attached hydrogen (secondary N) is 1. The molecule has 2 aromatic carbocycles. The molecule has 2 aromatic rings. The van der Waals surface area contributed by atoms with Crippen LogP contribution in [-0.2, 0) is 4.79 Å². The van der Waals surface area contributed by atoms with E-state index in [0.29, 0.717) is 10.8 Å². The third-order valence-corrected chi connectivity index (χ3v) is 3.30. The van der Waals surface area contributed by atoms with Crippen molar-refractivity contribution in [2.24, 2.45) is 5.92 Å². The van der Waals surface area contributed by atoms with Crippen molar-refractivity contribution in [3.63, 3.8) is 0 Å². The minimum atomic E-state index is -3.07. The highest BCUT2D eigenvalue weighted by Gasteiger charge is 2.19. The summed E-state index contributed by atoms with van der Waals surface area (Å²) in [6.07, 6.45) is 0. The second-order valence-electron chi connectivity index (χ2n) is 5.02. The van der Waals surface area contributed by atoms with Crippen LogP contribution < -0.4 is 10.1 Å². The van der Waals surface area contributed by atoms with E-state index in [1.807, 2.05) is 0 Å². The fraction of sp³-hybridized carbons (Fsp3) is 0.250. The van der Waals surface area contributed by atoms with E-state index in [4.69, 9.17) is 5.11 Å². The number of benzene rings is 2. The lowest BCUT2D eigenvalue weighted by Crippen LogP contribution is -2.31. The number of halogens is 2. The van der Waals surface area contributed by atoms with Crippen LogP contribution in [0.2, 0.25) is 0 Å². The number of hydrogen-bond donors (Lipinski definition) is 2. The van der Waals surface area contributed by atoms with Crippen LogP contribution in [0.1, 0.15) is 17.3 Å². The van der Waals surface area contributed by atoms with E-state index < -0.39 is 24.4 Å². The molecule has 122 valence electrons. The van der Waals surface area contributed by atoms with Crippen molar-refractivity contribution in [1.82, 2.24) is 5.32 Å². The van der Waals surface area contributed by atoms with Gasteiger partial charge in [0.1, 0.15) is 5.75 Å². The molecule has 0 aliphatic rings. The van der Waals surface area contributed by atoms with E-state index in [2.05, 4.69) is 10.1 Å². The third-order valence-electron chi connectivity index (χ3n) is 3.30. The maximum absolute atomic E-state index is 12.6. The van der Waals surface area contributed by atoms with Crippen molar-refractivity contribution >= 4 is 22.6 Å². The van der Waals surface area contributed by atoms with E-state index in [1.165, 1.54) is 19.1 Å². The van der Waals surface area contributed by atoms with Gasteiger partial charge in [0.15, 0.2) is 0 Å². The van der Waals surface area contributed by atoms with E-state index >= 15 is 0 Å². The van der Waals surface area contributed by atoms with Gasteiger partial charge in [-0.3, -0.25) is 9.59 Å². The van der Waals surface area contributed by atoms with Crippen molar-refractivity contribution in [2.45, 2.75) is 13.5 Å². The van der Waals surface area contributed by atoms with Crippen LogP contribution in [0.25, 0.3) is 10.8 Å². The Balaban J connectivity index is 2.32. The lowest BCUT2D eigenvalue weighted by Gasteiger charge is -2.13. The quantitative estimate of drug-likeness (QED) is 0.857. The first-order valence-corrected chi connectivity index (χ1v) is 6.87. The minimum Gasteiger partial charge on any atom is -0.481 e. The molecule has 7 heteroatoms. The maximum Gasteiger partial charge on any atom is 0.387 e. The van der Waals surface area contributed by atoms with Gasteiger partial charge < -0.3 is 15.2 Å². The van der Waals surface area contributed by atoms with E-state index in [1.54, 1.807) is 24.3 Å². The molecule has 0 bridgehead atoms. The first kappa shape index (κ1) is 16.7. The topological polar surface area (TPSA) is 75.6 Å². The Kier molecular flexibility index (Phi) is 5.10. The molecule has 0 aromatic heterocycles. The molecule has 2 N–H and O–H groups in total. The van der Waals surface area contributed by atoms with Crippen LogP contribution in [0.4, 0.5) is 8.78 Å². The second kappa shape index (κ2) is 7.04. The summed E-state index contributed by atoms with van der Waals surface area (Å²) >= 11 is 0. The number of alkyl halides is 2. The number of ether oxygens (including phenoxy) is 1. The van der Waals surface area contributed by atoms with E-state index in [-0.39, 0.29) is 17.9 Å². The van der Waals surface area contributed by atoms with Crippen LogP contribution in [-0.4, -0.2) is 30.1 Å². The first-order chi connectivity index (χ1) is 10.9. The Bertz CT molecular complexity index is 733. The summed E-state index contributed by atoms with van der Waals surface area (Å²) < 4.78 is 29.5. The standard InChI is InChI=1S/C16H15F2NO4/c1-9(15(21)22)8-19-14(20)12-6-10-4-2-3-5-11(10)7-13(12)23-16(17)18/h2-7,9,16H,8H2,1H3,(H,19,20)(H,21,22). The van der Waals surface area contributed by atoms with Crippen LogP contribution in [0.5, 0.6) is 5.75 Å². The molecule has 5 nitrogen and oxygen atoms in total. The van der Waals surface area contributed by atoms with Gasteiger partial charge in [0.2, 0.25) is 0 Å². The van der Waals surface area contributed by atoms with Crippen molar-refractivity contribution in [3.8, 4) is 5.75 Å². The fourth-order valence-electron chi connectivity index (χ4n) is 2.02. The zero-order valence-electron chi connectivity index (χ0n) is 12.3. The van der Waals surface area contributed by atoms with Crippen LogP contribution >= 0.6 is 0 Å². The van der Waals surface area contributed by atoms with Gasteiger partial charge in [0.05, 0.1) is 11.5 Å². The smallest absolute Gasteiger partial charge is 0.387 e. The summed E-state index contributed by atoms with van der Waals surface area (Å²) in [7, 11) is 0. The fourth-order valence-corrected chi connectivity index (χ4v) is 2.02. The normalized spacial score (nSPS) is 12.2. The van der Waals surface area contributed by atoms with Crippen molar-refractivity contribution in [2.75, 3.05) is 6.54 Å². The van der Waals surface area contributed by atoms with Gasteiger partial charge in [0.25, 0.3) is 5.91 Å². The molecule has 1 atom stereocenters. The first-order valence-electron chi connectivity index (χ1n) is 6.87. The van der Waals surface area contributed by atoms with Crippen LogP contribution in [0.3, 0.4) is 0 Å². The Morgan fingerprint density at radius 1 is 1.22 bits per heavy atom. The molecule has 23 heavy (non-hydrogen) atoms. The number of hydrogen-bond acceptors (Lipinski definition) is 3. The van der Waals surface area contributed by atoms with Gasteiger partial charge in [-0.15, -0.1) is 0 Å². The average molecular weight is 323 g/mol. The summed E-state index contributed by atoms with van der Waals surface area (Å²) in [5.74, 6) is -2.77. The molecule has 2 rings (SSSR count). The summed E-state index contributed by atoms with van der Waals surface area (Å²) in [6, 6.07) is 9.73. The summed E-state index contributed by atoms with van der Waals surface area (Å²) in [5, 5.41) is 12.6. The van der Waals surface area contributed by atoms with Gasteiger partial charge >= 0.3 is 12.6 Å². The second-order valence-corrected chi connectivity index (χ2v) is 5.02. The molecule has 0 aliphatic carbocycles. The number of rotatable bonds is 6. The Morgan fingerprint density at radius 3 is 2.39 bits per heavy atom. The number of amides is 1. The van der Waals surface area contributed by atoms with Crippen LogP contribution in [0.15, 0.2) is 36.4 Å². The van der Waals surface area contributed by atoms with E-state index in [0.717, 1.165) is 0 Å². The van der Waals surface area contributed by atoms with E-state index in [9.17, 15) is 18.4 Å². The zero-order valence-corrected chi connectivity index (χ0v) is 12.3. The Labute approximate surface area is 130 Å². The monoisotopic (exact) mass is 323 g/mol. The number of carboxylic acids is 1. The number of fused-ring (bicyclic) bond motifs is 1.